The minimum absolute atomic E-state index is 0.0729. The van der Waals surface area contributed by atoms with Crippen LogP contribution in [0.1, 0.15) is 61.9 Å². The van der Waals surface area contributed by atoms with Crippen LogP contribution in [-0.4, -0.2) is 30.0 Å². The van der Waals surface area contributed by atoms with Crippen molar-refractivity contribution in [3.63, 3.8) is 0 Å². The predicted octanol–water partition coefficient (Wildman–Crippen LogP) is 2.49. The lowest BCUT2D eigenvalue weighted by atomic mass is 9.86. The van der Waals surface area contributed by atoms with Gasteiger partial charge in [0, 0.05) is 17.8 Å². The molecule has 0 atom stereocenters. The number of carbonyl (C=O) groups is 1. The highest BCUT2D eigenvalue weighted by molar-refractivity contribution is 6.07. The lowest BCUT2D eigenvalue weighted by molar-refractivity contribution is 0.0948. The third-order valence-corrected chi connectivity index (χ3v) is 5.31. The van der Waals surface area contributed by atoms with Crippen LogP contribution in [0.25, 0.3) is 0 Å². The zero-order chi connectivity index (χ0) is 19.6. The van der Waals surface area contributed by atoms with Gasteiger partial charge in [-0.15, -0.1) is 0 Å². The highest BCUT2D eigenvalue weighted by Gasteiger charge is 2.43. The summed E-state index contributed by atoms with van der Waals surface area (Å²) in [7, 11) is 0. The first-order valence-corrected chi connectivity index (χ1v) is 9.71. The third kappa shape index (κ3) is 3.77. The van der Waals surface area contributed by atoms with Crippen LogP contribution in [0.5, 0.6) is 0 Å². The molecule has 7 nitrogen and oxygen atoms in total. The second-order valence-electron chi connectivity index (χ2n) is 7.87. The summed E-state index contributed by atoms with van der Waals surface area (Å²) in [5.41, 5.74) is 14.1. The first-order valence-electron chi connectivity index (χ1n) is 9.71. The summed E-state index contributed by atoms with van der Waals surface area (Å²) < 4.78 is 0. The summed E-state index contributed by atoms with van der Waals surface area (Å²) in [6, 6.07) is 5.71. The van der Waals surface area contributed by atoms with E-state index >= 15 is 0 Å². The van der Waals surface area contributed by atoms with Crippen molar-refractivity contribution in [2.24, 2.45) is 27.4 Å². The van der Waals surface area contributed by atoms with Gasteiger partial charge in [-0.25, -0.2) is 4.99 Å². The maximum absolute atomic E-state index is 12.7. The van der Waals surface area contributed by atoms with E-state index in [9.17, 15) is 4.79 Å². The molecule has 2 aliphatic rings. The number of benzene rings is 1. The highest BCUT2D eigenvalue weighted by Crippen LogP contribution is 2.40. The molecule has 1 aliphatic heterocycles. The van der Waals surface area contributed by atoms with E-state index in [-0.39, 0.29) is 11.9 Å². The van der Waals surface area contributed by atoms with Gasteiger partial charge in [0.2, 0.25) is 11.9 Å². The van der Waals surface area contributed by atoms with Gasteiger partial charge in [-0.2, -0.15) is 4.99 Å². The van der Waals surface area contributed by atoms with Crippen molar-refractivity contribution in [3.05, 3.63) is 29.3 Å². The van der Waals surface area contributed by atoms with Crippen molar-refractivity contribution in [1.82, 2.24) is 5.32 Å². The van der Waals surface area contributed by atoms with Crippen molar-refractivity contribution in [3.8, 4) is 0 Å². The topological polar surface area (TPSA) is 109 Å². The van der Waals surface area contributed by atoms with Crippen LogP contribution in [0.2, 0.25) is 0 Å². The Balaban J connectivity index is 2.00. The monoisotopic (exact) mass is 370 g/mol. The molecule has 1 saturated carbocycles. The lowest BCUT2D eigenvalue weighted by Gasteiger charge is -2.46. The minimum atomic E-state index is -0.508. The van der Waals surface area contributed by atoms with E-state index in [1.165, 1.54) is 6.42 Å². The molecule has 0 aromatic heterocycles. The molecule has 1 heterocycles. The van der Waals surface area contributed by atoms with E-state index < -0.39 is 5.66 Å². The Morgan fingerprint density at radius 1 is 1.26 bits per heavy atom. The largest absolute Gasteiger partial charge is 0.369 e. The fourth-order valence-corrected chi connectivity index (χ4v) is 3.97. The zero-order valence-corrected chi connectivity index (χ0v) is 16.5. The number of carbonyl (C=O) groups excluding carboxylic acids is 1. The Morgan fingerprint density at radius 2 is 1.96 bits per heavy atom. The second-order valence-corrected chi connectivity index (χ2v) is 7.87. The molecular formula is C20H30N6O. The molecule has 0 unspecified atom stereocenters. The summed E-state index contributed by atoms with van der Waals surface area (Å²) >= 11 is 0. The van der Waals surface area contributed by atoms with Crippen LogP contribution in [0, 0.1) is 12.8 Å². The molecule has 0 radical (unpaired) electrons. The van der Waals surface area contributed by atoms with Crippen molar-refractivity contribution in [1.29, 1.82) is 0 Å². The summed E-state index contributed by atoms with van der Waals surface area (Å²) in [4.78, 5) is 23.6. The number of nitrogens with one attached hydrogen (secondary N) is 1. The van der Waals surface area contributed by atoms with Gasteiger partial charge in [0.15, 0.2) is 0 Å². The van der Waals surface area contributed by atoms with E-state index in [0.717, 1.165) is 36.9 Å². The van der Waals surface area contributed by atoms with Gasteiger partial charge in [0.05, 0.1) is 0 Å². The van der Waals surface area contributed by atoms with Crippen LogP contribution < -0.4 is 21.7 Å². The van der Waals surface area contributed by atoms with Crippen LogP contribution in [0.3, 0.4) is 0 Å². The van der Waals surface area contributed by atoms with Crippen molar-refractivity contribution in [2.75, 3.05) is 11.4 Å². The Morgan fingerprint density at radius 3 is 2.63 bits per heavy atom. The minimum Gasteiger partial charge on any atom is -0.369 e. The molecule has 146 valence electrons. The highest BCUT2D eigenvalue weighted by atomic mass is 16.1. The molecule has 7 heteroatoms. The number of rotatable bonds is 4. The molecule has 27 heavy (non-hydrogen) atoms. The van der Waals surface area contributed by atoms with E-state index in [1.54, 1.807) is 0 Å². The number of aliphatic imine (C=N–C) groups is 2. The molecule has 5 N–H and O–H groups in total. The Kier molecular flexibility index (Phi) is 5.39. The number of amides is 1. The van der Waals surface area contributed by atoms with Crippen molar-refractivity contribution >= 4 is 23.5 Å². The standard InChI is InChI=1S/C20H30N6O/c1-13(2)12-23-17(27)15-8-7-9-16(14(15)3)26-19(22)24-18(21)25-20(26)10-5-4-6-11-20/h7-9,13H,4-6,10-12H2,1-3H3,(H,23,27)(H4,21,22,24,25). The SMILES string of the molecule is Cc1c(C(=O)NCC(C)C)cccc1N1C(N)=NC(N)=NC12CCCCC2. The fraction of sp³-hybridized carbons (Fsp3) is 0.550. The first-order chi connectivity index (χ1) is 12.8. The number of hydrogen-bond acceptors (Lipinski definition) is 6. The van der Waals surface area contributed by atoms with E-state index in [2.05, 4.69) is 24.2 Å². The average Bonchev–Trinajstić information content (AvgIpc) is 2.61. The fourth-order valence-electron chi connectivity index (χ4n) is 3.97. The lowest BCUT2D eigenvalue weighted by Crippen LogP contribution is -2.58. The summed E-state index contributed by atoms with van der Waals surface area (Å²) in [6.07, 6.45) is 5.04. The molecular weight excluding hydrogens is 340 g/mol. The van der Waals surface area contributed by atoms with Gasteiger partial charge in [0.25, 0.3) is 5.91 Å². The Hall–Kier alpha value is -2.57. The average molecular weight is 371 g/mol. The maximum atomic E-state index is 12.7. The van der Waals surface area contributed by atoms with Gasteiger partial charge in [-0.3, -0.25) is 9.69 Å². The Bertz CT molecular complexity index is 777. The van der Waals surface area contributed by atoms with Gasteiger partial charge < -0.3 is 16.8 Å². The number of nitrogens with two attached hydrogens (primary N) is 2. The number of hydrogen-bond donors (Lipinski definition) is 3. The molecule has 1 fully saturated rings. The van der Waals surface area contributed by atoms with E-state index in [1.807, 2.05) is 30.0 Å². The van der Waals surface area contributed by atoms with Gasteiger partial charge >= 0.3 is 0 Å². The summed E-state index contributed by atoms with van der Waals surface area (Å²) in [6.45, 7) is 6.74. The molecule has 1 amide bonds. The molecule has 0 bridgehead atoms. The van der Waals surface area contributed by atoms with Crippen LogP contribution in [0.4, 0.5) is 5.69 Å². The Labute approximate surface area is 160 Å². The number of guanidine groups is 2. The molecule has 1 spiro atoms. The van der Waals surface area contributed by atoms with Crippen LogP contribution in [0.15, 0.2) is 28.2 Å². The smallest absolute Gasteiger partial charge is 0.251 e. The third-order valence-electron chi connectivity index (χ3n) is 5.31. The van der Waals surface area contributed by atoms with Crippen LogP contribution >= 0.6 is 0 Å². The molecule has 1 aromatic carbocycles. The van der Waals surface area contributed by atoms with Gasteiger partial charge in [0.1, 0.15) is 5.66 Å². The quantitative estimate of drug-likeness (QED) is 0.756. The predicted molar refractivity (Wildman–Crippen MR) is 110 cm³/mol. The molecule has 1 aliphatic carbocycles. The van der Waals surface area contributed by atoms with Crippen molar-refractivity contribution < 1.29 is 4.79 Å². The second kappa shape index (κ2) is 7.58. The van der Waals surface area contributed by atoms with Gasteiger partial charge in [-0.1, -0.05) is 26.3 Å². The van der Waals surface area contributed by atoms with Crippen LogP contribution in [-0.2, 0) is 0 Å². The molecule has 1 aromatic rings. The van der Waals surface area contributed by atoms with E-state index in [0.29, 0.717) is 24.0 Å². The maximum Gasteiger partial charge on any atom is 0.251 e. The van der Waals surface area contributed by atoms with Gasteiger partial charge in [-0.05, 0) is 56.2 Å². The van der Waals surface area contributed by atoms with E-state index in [4.69, 9.17) is 16.5 Å². The normalized spacial score (nSPS) is 19.0. The molecule has 3 rings (SSSR count). The first kappa shape index (κ1) is 19.2. The zero-order valence-electron chi connectivity index (χ0n) is 16.5. The summed E-state index contributed by atoms with van der Waals surface area (Å²) in [5.74, 6) is 0.891. The van der Waals surface area contributed by atoms with Crippen molar-refractivity contribution in [2.45, 2.75) is 58.5 Å². The summed E-state index contributed by atoms with van der Waals surface area (Å²) in [5, 5.41) is 2.99. The number of anilines is 1. The number of nitrogens with zero attached hydrogens (tertiary/aromatic N) is 3. The molecule has 0 saturated heterocycles.